The summed E-state index contributed by atoms with van der Waals surface area (Å²) in [5, 5.41) is 0. The predicted octanol–water partition coefficient (Wildman–Crippen LogP) is 17.3. The van der Waals surface area contributed by atoms with E-state index in [-0.39, 0.29) is 24.3 Å². The maximum Gasteiger partial charge on any atom is 0.309 e. The fourth-order valence-corrected chi connectivity index (χ4v) is 7.74. The summed E-state index contributed by atoms with van der Waals surface area (Å²) >= 11 is 0. The van der Waals surface area contributed by atoms with Crippen molar-refractivity contribution in [3.63, 3.8) is 0 Å². The van der Waals surface area contributed by atoms with Crippen molar-refractivity contribution in [1.29, 1.82) is 0 Å². The van der Waals surface area contributed by atoms with Crippen LogP contribution in [0.2, 0.25) is 0 Å². The Labute approximate surface area is 345 Å². The van der Waals surface area contributed by atoms with Gasteiger partial charge in [-0.05, 0) is 44.9 Å². The largest absolute Gasteiger partial charge is 0.466 e. The minimum atomic E-state index is -0.363. The highest BCUT2D eigenvalue weighted by molar-refractivity contribution is 5.79. The first kappa shape index (κ1) is 53.7. The normalized spacial score (nSPS) is 12.1. The minimum Gasteiger partial charge on any atom is -0.466 e. The van der Waals surface area contributed by atoms with Gasteiger partial charge in [0.15, 0.2) is 0 Å². The molecule has 0 aromatic carbocycles. The summed E-state index contributed by atoms with van der Waals surface area (Å²) in [6, 6.07) is 0. The molecule has 0 saturated carbocycles. The second-order valence-electron chi connectivity index (χ2n) is 17.1. The van der Waals surface area contributed by atoms with Crippen LogP contribution < -0.4 is 0 Å². The van der Waals surface area contributed by atoms with Crippen molar-refractivity contribution < 1.29 is 19.1 Å². The van der Waals surface area contributed by atoms with Gasteiger partial charge in [-0.2, -0.15) is 0 Å². The van der Waals surface area contributed by atoms with Gasteiger partial charge >= 0.3 is 11.9 Å². The van der Waals surface area contributed by atoms with E-state index in [2.05, 4.69) is 32.9 Å². The summed E-state index contributed by atoms with van der Waals surface area (Å²) in [7, 11) is 0. The molecule has 326 valence electrons. The van der Waals surface area contributed by atoms with Crippen LogP contribution in [0.5, 0.6) is 0 Å². The monoisotopic (exact) mass is 775 g/mol. The van der Waals surface area contributed by atoms with Crippen molar-refractivity contribution in [3.8, 4) is 0 Å². The molecule has 0 aliphatic carbocycles. The second kappa shape index (κ2) is 47.1. The van der Waals surface area contributed by atoms with Crippen LogP contribution in [-0.2, 0) is 19.1 Å². The van der Waals surface area contributed by atoms with Crippen LogP contribution in [0.25, 0.3) is 0 Å². The minimum absolute atomic E-state index is 0.171. The quantitative estimate of drug-likeness (QED) is 0.0351. The summed E-state index contributed by atoms with van der Waals surface area (Å²) in [5.41, 5.74) is 0. The van der Waals surface area contributed by atoms with Crippen LogP contribution in [0, 0.1) is 5.92 Å². The molecular weight excluding hydrogens is 677 g/mol. The molecule has 0 N–H and O–H groups in total. The number of rotatable bonds is 46. The average molecular weight is 775 g/mol. The molecule has 0 spiro atoms. The fraction of sp³-hybridized carbons (Fsp3) is 0.922. The molecule has 1 atom stereocenters. The Hall–Kier alpha value is -1.32. The van der Waals surface area contributed by atoms with Gasteiger partial charge in [0.2, 0.25) is 0 Å². The highest BCUT2D eigenvalue weighted by Gasteiger charge is 2.24. The molecule has 55 heavy (non-hydrogen) atoms. The number of ether oxygens (including phenoxy) is 2. The molecule has 0 heterocycles. The summed E-state index contributed by atoms with van der Waals surface area (Å²) < 4.78 is 11.4. The standard InChI is InChI=1S/C51H98O4/c1-4-7-10-13-16-19-22-23-24-25-26-27-28-29-30-33-36-39-42-45-49(51(53)55-47-44-41-38-35-32-21-18-15-12-9-6-3)48-50(52)54-46-43-40-37-34-31-20-17-14-11-8-5-2/h22-23,49H,4-21,24-48H2,1-3H3/b23-22+. The molecule has 0 bridgehead atoms. The van der Waals surface area contributed by atoms with Crippen molar-refractivity contribution in [1.82, 2.24) is 0 Å². The van der Waals surface area contributed by atoms with Gasteiger partial charge in [0.25, 0.3) is 0 Å². The second-order valence-corrected chi connectivity index (χ2v) is 17.1. The van der Waals surface area contributed by atoms with Crippen LogP contribution in [0.4, 0.5) is 0 Å². The Bertz CT molecular complexity index is 792. The summed E-state index contributed by atoms with van der Waals surface area (Å²) in [5.74, 6) is -0.771. The van der Waals surface area contributed by atoms with E-state index in [9.17, 15) is 9.59 Å². The average Bonchev–Trinajstić information content (AvgIpc) is 3.19. The van der Waals surface area contributed by atoms with Crippen LogP contribution in [0.3, 0.4) is 0 Å². The Morgan fingerprint density at radius 1 is 0.364 bits per heavy atom. The first-order valence-corrected chi connectivity index (χ1v) is 25.1. The topological polar surface area (TPSA) is 52.6 Å². The fourth-order valence-electron chi connectivity index (χ4n) is 7.74. The summed E-state index contributed by atoms with van der Waals surface area (Å²) in [6.45, 7) is 7.78. The lowest BCUT2D eigenvalue weighted by molar-refractivity contribution is -0.155. The molecular formula is C51H98O4. The molecule has 0 aromatic heterocycles. The third kappa shape index (κ3) is 43.6. The Balaban J connectivity index is 4.19. The highest BCUT2D eigenvalue weighted by atomic mass is 16.5. The van der Waals surface area contributed by atoms with Crippen molar-refractivity contribution in [3.05, 3.63) is 12.2 Å². The number of carbonyl (C=O) groups excluding carboxylic acids is 2. The zero-order valence-corrected chi connectivity index (χ0v) is 37.8. The molecule has 4 heteroatoms. The number of unbranched alkanes of at least 4 members (excludes halogenated alkanes) is 35. The van der Waals surface area contributed by atoms with Crippen molar-refractivity contribution in [2.24, 2.45) is 5.92 Å². The first-order chi connectivity index (χ1) is 27.2. The van der Waals surface area contributed by atoms with Crippen molar-refractivity contribution in [2.45, 2.75) is 284 Å². The smallest absolute Gasteiger partial charge is 0.309 e. The van der Waals surface area contributed by atoms with Crippen LogP contribution in [0.15, 0.2) is 12.2 Å². The van der Waals surface area contributed by atoms with E-state index in [1.165, 1.54) is 212 Å². The van der Waals surface area contributed by atoms with E-state index in [1.807, 2.05) is 0 Å². The maximum atomic E-state index is 13.1. The van der Waals surface area contributed by atoms with Gasteiger partial charge in [0.1, 0.15) is 0 Å². The van der Waals surface area contributed by atoms with Gasteiger partial charge < -0.3 is 9.47 Å². The van der Waals surface area contributed by atoms with E-state index < -0.39 is 0 Å². The van der Waals surface area contributed by atoms with Gasteiger partial charge in [0, 0.05) is 0 Å². The number of carbonyl (C=O) groups is 2. The maximum absolute atomic E-state index is 13.1. The Kier molecular flexibility index (Phi) is 45.9. The van der Waals surface area contributed by atoms with Crippen LogP contribution in [0.1, 0.15) is 284 Å². The number of allylic oxidation sites excluding steroid dienone is 2. The third-order valence-electron chi connectivity index (χ3n) is 11.6. The summed E-state index contributed by atoms with van der Waals surface area (Å²) in [6.07, 6.45) is 55.9. The van der Waals surface area contributed by atoms with Crippen molar-refractivity contribution in [2.75, 3.05) is 13.2 Å². The van der Waals surface area contributed by atoms with E-state index in [0.29, 0.717) is 13.2 Å². The van der Waals surface area contributed by atoms with Gasteiger partial charge in [-0.15, -0.1) is 0 Å². The van der Waals surface area contributed by atoms with Gasteiger partial charge in [-0.25, -0.2) is 0 Å². The molecule has 0 aliphatic rings. The zero-order valence-electron chi connectivity index (χ0n) is 37.8. The number of esters is 2. The van der Waals surface area contributed by atoms with Gasteiger partial charge in [-0.1, -0.05) is 245 Å². The molecule has 1 unspecified atom stereocenters. The molecule has 4 nitrogen and oxygen atoms in total. The zero-order chi connectivity index (χ0) is 40.0. The van der Waals surface area contributed by atoms with E-state index >= 15 is 0 Å². The summed E-state index contributed by atoms with van der Waals surface area (Å²) in [4.78, 5) is 25.9. The Morgan fingerprint density at radius 3 is 1.02 bits per heavy atom. The molecule has 0 aromatic rings. The number of hydrogen-bond donors (Lipinski definition) is 0. The SMILES string of the molecule is CCCCCCC/C=C/CCCCCCCCCCCCC(CC(=O)OCCCCCCCCCCCCC)C(=O)OCCCCCCCCCCCCC. The van der Waals surface area contributed by atoms with E-state index in [1.54, 1.807) is 0 Å². The molecule has 0 rings (SSSR count). The van der Waals surface area contributed by atoms with Crippen molar-refractivity contribution >= 4 is 11.9 Å². The highest BCUT2D eigenvalue weighted by Crippen LogP contribution is 2.20. The molecule has 0 saturated heterocycles. The predicted molar refractivity (Wildman–Crippen MR) is 241 cm³/mol. The third-order valence-corrected chi connectivity index (χ3v) is 11.6. The molecule has 0 fully saturated rings. The lowest BCUT2D eigenvalue weighted by Gasteiger charge is -2.16. The van der Waals surface area contributed by atoms with Crippen LogP contribution in [-0.4, -0.2) is 25.2 Å². The van der Waals surface area contributed by atoms with Gasteiger partial charge in [-0.3, -0.25) is 9.59 Å². The lowest BCUT2D eigenvalue weighted by atomic mass is 9.97. The van der Waals surface area contributed by atoms with E-state index in [0.717, 1.165) is 44.9 Å². The molecule has 0 aliphatic heterocycles. The molecule has 0 radical (unpaired) electrons. The molecule has 0 amide bonds. The number of hydrogen-bond acceptors (Lipinski definition) is 4. The lowest BCUT2D eigenvalue weighted by Crippen LogP contribution is -2.23. The van der Waals surface area contributed by atoms with E-state index in [4.69, 9.17) is 9.47 Å². The Morgan fingerprint density at radius 2 is 0.655 bits per heavy atom. The van der Waals surface area contributed by atoms with Gasteiger partial charge in [0.05, 0.1) is 25.6 Å². The van der Waals surface area contributed by atoms with Crippen LogP contribution >= 0.6 is 0 Å². The first-order valence-electron chi connectivity index (χ1n) is 25.1.